The first kappa shape index (κ1) is 22.7. The van der Waals surface area contributed by atoms with E-state index in [1.165, 1.54) is 0 Å². The number of hydrogen-bond acceptors (Lipinski definition) is 4. The van der Waals surface area contributed by atoms with Crippen LogP contribution in [0.3, 0.4) is 0 Å². The van der Waals surface area contributed by atoms with E-state index in [4.69, 9.17) is 9.47 Å². The predicted octanol–water partition coefficient (Wildman–Crippen LogP) is 4.31. The minimum absolute atomic E-state index is 0.112. The average Bonchev–Trinajstić information content (AvgIpc) is 3.22. The van der Waals surface area contributed by atoms with Crippen LogP contribution in [0, 0.1) is 6.92 Å². The molecule has 0 saturated carbocycles. The topological polar surface area (TPSA) is 72.8 Å². The molecule has 7 nitrogen and oxygen atoms in total. The Morgan fingerprint density at radius 1 is 1.16 bits per heavy atom. The Morgan fingerprint density at radius 3 is 2.52 bits per heavy atom. The Kier molecular flexibility index (Phi) is 6.93. The van der Waals surface area contributed by atoms with Gasteiger partial charge in [0, 0.05) is 31.9 Å². The molecular formula is C24H33N3O4. The van der Waals surface area contributed by atoms with E-state index in [9.17, 15) is 9.59 Å². The number of likely N-dealkylation sites (tertiary alicyclic amines) is 1. The molecule has 2 heterocycles. The third kappa shape index (κ3) is 5.81. The molecule has 0 radical (unpaired) electrons. The fourth-order valence-electron chi connectivity index (χ4n) is 3.80. The molecular weight excluding hydrogens is 394 g/mol. The van der Waals surface area contributed by atoms with E-state index in [0.717, 1.165) is 29.7 Å². The monoisotopic (exact) mass is 427 g/mol. The van der Waals surface area contributed by atoms with E-state index in [-0.39, 0.29) is 18.0 Å². The first-order valence-corrected chi connectivity index (χ1v) is 10.7. The Bertz CT molecular complexity index is 921. The van der Waals surface area contributed by atoms with E-state index < -0.39 is 5.60 Å². The standard InChI is InChI=1S/C24H33N3O4/c1-17-8-9-18(15-21(17)30-5)16-25-22(28)20-7-6-12-27(20)19-10-13-26(14-11-19)23(29)31-24(2,3)4/h6-9,12,15,19H,10-11,13-14,16H2,1-5H3,(H,25,28). The minimum Gasteiger partial charge on any atom is -0.496 e. The molecule has 168 valence electrons. The number of methoxy groups -OCH3 is 1. The molecule has 0 spiro atoms. The summed E-state index contributed by atoms with van der Waals surface area (Å²) in [6.45, 7) is 9.25. The van der Waals surface area contributed by atoms with Crippen LogP contribution in [0.15, 0.2) is 36.5 Å². The maximum atomic E-state index is 12.8. The first-order valence-electron chi connectivity index (χ1n) is 10.7. The normalized spacial score (nSPS) is 14.9. The number of aryl methyl sites for hydroxylation is 1. The minimum atomic E-state index is -0.499. The zero-order chi connectivity index (χ0) is 22.6. The van der Waals surface area contributed by atoms with Crippen LogP contribution in [0.1, 0.15) is 61.3 Å². The smallest absolute Gasteiger partial charge is 0.410 e. The summed E-state index contributed by atoms with van der Waals surface area (Å²) in [7, 11) is 1.64. The molecule has 0 aliphatic carbocycles. The molecule has 1 aromatic carbocycles. The SMILES string of the molecule is COc1cc(CNC(=O)c2cccn2C2CCN(C(=O)OC(C)(C)C)CC2)ccc1C. The van der Waals surface area contributed by atoms with Crippen LogP contribution in [0.4, 0.5) is 4.79 Å². The maximum absolute atomic E-state index is 12.8. The van der Waals surface area contributed by atoms with E-state index in [1.807, 2.05) is 68.8 Å². The lowest BCUT2D eigenvalue weighted by molar-refractivity contribution is 0.0187. The number of hydrogen-bond donors (Lipinski definition) is 1. The van der Waals surface area contributed by atoms with Crippen LogP contribution in [0.5, 0.6) is 5.75 Å². The average molecular weight is 428 g/mol. The third-order valence-electron chi connectivity index (χ3n) is 5.45. The molecule has 1 saturated heterocycles. The van der Waals surface area contributed by atoms with Crippen LogP contribution >= 0.6 is 0 Å². The lowest BCUT2D eigenvalue weighted by Crippen LogP contribution is -2.42. The highest BCUT2D eigenvalue weighted by atomic mass is 16.6. The van der Waals surface area contributed by atoms with Gasteiger partial charge in [0.25, 0.3) is 5.91 Å². The number of benzene rings is 1. The molecule has 2 amide bonds. The number of nitrogens with one attached hydrogen (secondary N) is 1. The zero-order valence-electron chi connectivity index (χ0n) is 19.1. The Labute approximate surface area is 184 Å². The maximum Gasteiger partial charge on any atom is 0.410 e. The number of ether oxygens (including phenoxy) is 2. The van der Waals surface area contributed by atoms with Gasteiger partial charge in [0.1, 0.15) is 17.0 Å². The van der Waals surface area contributed by atoms with Crippen LogP contribution in [-0.4, -0.2) is 47.3 Å². The lowest BCUT2D eigenvalue weighted by atomic mass is 10.0. The van der Waals surface area contributed by atoms with Crippen LogP contribution < -0.4 is 10.1 Å². The van der Waals surface area contributed by atoms with Crippen molar-refractivity contribution < 1.29 is 19.1 Å². The molecule has 1 N–H and O–H groups in total. The second kappa shape index (κ2) is 9.45. The number of carbonyl (C=O) groups excluding carboxylic acids is 2. The Balaban J connectivity index is 1.58. The van der Waals surface area contributed by atoms with Gasteiger partial charge < -0.3 is 24.3 Å². The molecule has 0 atom stereocenters. The summed E-state index contributed by atoms with van der Waals surface area (Å²) < 4.78 is 12.9. The number of aromatic nitrogens is 1. The van der Waals surface area contributed by atoms with Gasteiger partial charge in [-0.2, -0.15) is 0 Å². The lowest BCUT2D eigenvalue weighted by Gasteiger charge is -2.34. The van der Waals surface area contributed by atoms with Crippen molar-refractivity contribution in [1.82, 2.24) is 14.8 Å². The van der Waals surface area contributed by atoms with Crippen molar-refractivity contribution in [2.24, 2.45) is 0 Å². The Morgan fingerprint density at radius 2 is 1.87 bits per heavy atom. The summed E-state index contributed by atoms with van der Waals surface area (Å²) in [6, 6.07) is 9.83. The molecule has 3 rings (SSSR count). The number of rotatable bonds is 5. The van der Waals surface area contributed by atoms with Gasteiger partial charge in [-0.15, -0.1) is 0 Å². The van der Waals surface area contributed by atoms with Gasteiger partial charge in [0.15, 0.2) is 0 Å². The van der Waals surface area contributed by atoms with Crippen LogP contribution in [0.25, 0.3) is 0 Å². The molecule has 1 fully saturated rings. The van der Waals surface area contributed by atoms with Crippen molar-refractivity contribution in [1.29, 1.82) is 0 Å². The number of amides is 2. The van der Waals surface area contributed by atoms with Gasteiger partial charge in [0.05, 0.1) is 7.11 Å². The van der Waals surface area contributed by atoms with Gasteiger partial charge in [-0.25, -0.2) is 4.79 Å². The fraction of sp³-hybridized carbons (Fsp3) is 0.500. The first-order chi connectivity index (χ1) is 14.7. The van der Waals surface area contributed by atoms with Crippen LogP contribution in [0.2, 0.25) is 0 Å². The molecule has 1 aliphatic rings. The second-order valence-corrected chi connectivity index (χ2v) is 8.99. The van der Waals surface area contributed by atoms with E-state index in [1.54, 1.807) is 12.0 Å². The van der Waals surface area contributed by atoms with Gasteiger partial charge in [0.2, 0.25) is 0 Å². The molecule has 2 aromatic rings. The van der Waals surface area contributed by atoms with Crippen molar-refractivity contribution in [2.75, 3.05) is 20.2 Å². The second-order valence-electron chi connectivity index (χ2n) is 8.99. The highest BCUT2D eigenvalue weighted by molar-refractivity contribution is 5.92. The number of piperidine rings is 1. The molecule has 1 aromatic heterocycles. The summed E-state index contributed by atoms with van der Waals surface area (Å²) in [5.74, 6) is 0.700. The summed E-state index contributed by atoms with van der Waals surface area (Å²) in [5.41, 5.74) is 2.18. The van der Waals surface area contributed by atoms with Crippen LogP contribution in [-0.2, 0) is 11.3 Å². The van der Waals surface area contributed by atoms with Gasteiger partial charge in [-0.1, -0.05) is 12.1 Å². The summed E-state index contributed by atoms with van der Waals surface area (Å²) in [4.78, 5) is 26.9. The highest BCUT2D eigenvalue weighted by Gasteiger charge is 2.28. The molecule has 0 unspecified atom stereocenters. The van der Waals surface area contributed by atoms with Crippen molar-refractivity contribution in [3.05, 3.63) is 53.3 Å². The molecule has 7 heteroatoms. The van der Waals surface area contributed by atoms with Crippen molar-refractivity contribution in [3.8, 4) is 5.75 Å². The van der Waals surface area contributed by atoms with E-state index >= 15 is 0 Å². The van der Waals surface area contributed by atoms with E-state index in [2.05, 4.69) is 5.32 Å². The van der Waals surface area contributed by atoms with E-state index in [0.29, 0.717) is 25.3 Å². The van der Waals surface area contributed by atoms with Gasteiger partial charge >= 0.3 is 6.09 Å². The molecule has 0 bridgehead atoms. The largest absolute Gasteiger partial charge is 0.496 e. The molecule has 1 aliphatic heterocycles. The summed E-state index contributed by atoms with van der Waals surface area (Å²) in [6.07, 6.45) is 3.23. The van der Waals surface area contributed by atoms with Crippen molar-refractivity contribution in [2.45, 2.75) is 58.7 Å². The zero-order valence-corrected chi connectivity index (χ0v) is 19.1. The Hall–Kier alpha value is -2.96. The van der Waals surface area contributed by atoms with Gasteiger partial charge in [-0.3, -0.25) is 4.79 Å². The predicted molar refractivity (Wildman–Crippen MR) is 119 cm³/mol. The fourth-order valence-corrected chi connectivity index (χ4v) is 3.80. The highest BCUT2D eigenvalue weighted by Crippen LogP contribution is 2.26. The van der Waals surface area contributed by atoms with Crippen molar-refractivity contribution in [3.63, 3.8) is 0 Å². The van der Waals surface area contributed by atoms with Gasteiger partial charge in [-0.05, 0) is 69.9 Å². The quantitative estimate of drug-likeness (QED) is 0.772. The molecule has 31 heavy (non-hydrogen) atoms. The summed E-state index contributed by atoms with van der Waals surface area (Å²) >= 11 is 0. The third-order valence-corrected chi connectivity index (χ3v) is 5.45. The number of nitrogens with zero attached hydrogens (tertiary/aromatic N) is 2. The summed E-state index contributed by atoms with van der Waals surface area (Å²) in [5, 5.41) is 3.00. The number of carbonyl (C=O) groups is 2. The van der Waals surface area contributed by atoms with Crippen molar-refractivity contribution >= 4 is 12.0 Å².